The zero-order valence-electron chi connectivity index (χ0n) is 15.5. The molecule has 0 saturated carbocycles. The minimum absolute atomic E-state index is 0.206. The first kappa shape index (κ1) is 17.7. The summed E-state index contributed by atoms with van der Waals surface area (Å²) in [4.78, 5) is 12.7. The molecule has 2 aromatic carbocycles. The molecule has 1 heterocycles. The molecule has 0 saturated heterocycles. The summed E-state index contributed by atoms with van der Waals surface area (Å²) in [7, 11) is 1.62. The van der Waals surface area contributed by atoms with E-state index in [1.807, 2.05) is 49.4 Å². The second-order valence-corrected chi connectivity index (χ2v) is 6.55. The van der Waals surface area contributed by atoms with Crippen molar-refractivity contribution in [3.63, 3.8) is 0 Å². The molecule has 0 unspecified atom stereocenters. The molecule has 0 bridgehead atoms. The molecule has 0 aliphatic heterocycles. The lowest BCUT2D eigenvalue weighted by atomic mass is 9.98. The summed E-state index contributed by atoms with van der Waals surface area (Å²) in [5, 5.41) is 10.1. The molecular formula is C21H23N3O2. The Labute approximate surface area is 153 Å². The van der Waals surface area contributed by atoms with Crippen molar-refractivity contribution in [2.24, 2.45) is 0 Å². The number of nitrogens with one attached hydrogen (secondary N) is 2. The Hall–Kier alpha value is -3.08. The van der Waals surface area contributed by atoms with Crippen LogP contribution in [-0.2, 0) is 0 Å². The van der Waals surface area contributed by atoms with Crippen LogP contribution in [-0.4, -0.2) is 23.2 Å². The molecule has 0 atom stereocenters. The second kappa shape index (κ2) is 7.44. The third-order valence-electron chi connectivity index (χ3n) is 4.35. The number of ether oxygens (including phenoxy) is 1. The van der Waals surface area contributed by atoms with Crippen LogP contribution in [0.1, 0.15) is 41.4 Å². The minimum Gasteiger partial charge on any atom is -0.497 e. The van der Waals surface area contributed by atoms with Crippen molar-refractivity contribution < 1.29 is 9.53 Å². The highest BCUT2D eigenvalue weighted by Gasteiger charge is 2.16. The van der Waals surface area contributed by atoms with Crippen LogP contribution in [0.2, 0.25) is 0 Å². The Morgan fingerprint density at radius 2 is 1.92 bits per heavy atom. The van der Waals surface area contributed by atoms with Crippen molar-refractivity contribution in [2.45, 2.75) is 26.7 Å². The third-order valence-corrected chi connectivity index (χ3v) is 4.35. The van der Waals surface area contributed by atoms with Crippen LogP contribution in [0.4, 0.5) is 5.69 Å². The maximum absolute atomic E-state index is 12.7. The van der Waals surface area contributed by atoms with Gasteiger partial charge in [-0.1, -0.05) is 44.2 Å². The minimum atomic E-state index is -0.206. The molecule has 0 fully saturated rings. The number of aromatic nitrogens is 2. The van der Waals surface area contributed by atoms with Crippen LogP contribution >= 0.6 is 0 Å². The maximum atomic E-state index is 12.7. The fourth-order valence-electron chi connectivity index (χ4n) is 2.89. The van der Waals surface area contributed by atoms with Gasteiger partial charge in [-0.3, -0.25) is 9.89 Å². The van der Waals surface area contributed by atoms with E-state index in [0.29, 0.717) is 17.3 Å². The molecule has 2 N–H and O–H groups in total. The lowest BCUT2D eigenvalue weighted by Gasteiger charge is -2.15. The summed E-state index contributed by atoms with van der Waals surface area (Å²) >= 11 is 0. The largest absolute Gasteiger partial charge is 0.497 e. The number of aryl methyl sites for hydroxylation is 1. The van der Waals surface area contributed by atoms with Crippen LogP contribution in [0.15, 0.2) is 48.5 Å². The van der Waals surface area contributed by atoms with Crippen molar-refractivity contribution in [1.82, 2.24) is 10.2 Å². The number of carbonyl (C=O) groups is 1. The van der Waals surface area contributed by atoms with E-state index in [2.05, 4.69) is 29.4 Å². The summed E-state index contributed by atoms with van der Waals surface area (Å²) in [6, 6.07) is 15.4. The van der Waals surface area contributed by atoms with Gasteiger partial charge in [-0.05, 0) is 42.2 Å². The molecule has 0 aliphatic rings. The number of H-pyrrole nitrogens is 1. The van der Waals surface area contributed by atoms with E-state index in [-0.39, 0.29) is 5.91 Å². The Morgan fingerprint density at radius 3 is 2.65 bits per heavy atom. The van der Waals surface area contributed by atoms with E-state index < -0.39 is 0 Å². The number of para-hydroxylation sites is 1. The molecule has 3 rings (SSSR count). The van der Waals surface area contributed by atoms with Crippen LogP contribution in [0.5, 0.6) is 5.75 Å². The molecule has 26 heavy (non-hydrogen) atoms. The fraction of sp³-hybridized carbons (Fsp3) is 0.238. The number of hydrogen-bond donors (Lipinski definition) is 2. The fourth-order valence-corrected chi connectivity index (χ4v) is 2.89. The standard InChI is InChI=1S/C21H23N3O2/c1-13(2)17-10-5-7-14(3)20(17)22-21(25)19-12-18(23-24-19)15-8-6-9-16(11-15)26-4/h5-13H,1-4H3,(H,22,25)(H,23,24). The molecule has 1 amide bonds. The summed E-state index contributed by atoms with van der Waals surface area (Å²) in [6.45, 7) is 6.22. The zero-order chi connectivity index (χ0) is 18.7. The number of nitrogens with zero attached hydrogens (tertiary/aromatic N) is 1. The number of aromatic amines is 1. The van der Waals surface area contributed by atoms with E-state index in [0.717, 1.165) is 28.1 Å². The van der Waals surface area contributed by atoms with Gasteiger partial charge in [-0.15, -0.1) is 0 Å². The lowest BCUT2D eigenvalue weighted by Crippen LogP contribution is -2.15. The van der Waals surface area contributed by atoms with Gasteiger partial charge >= 0.3 is 0 Å². The van der Waals surface area contributed by atoms with E-state index >= 15 is 0 Å². The average molecular weight is 349 g/mol. The molecule has 134 valence electrons. The predicted molar refractivity (Wildman–Crippen MR) is 104 cm³/mol. The first-order chi connectivity index (χ1) is 12.5. The molecule has 0 aliphatic carbocycles. The smallest absolute Gasteiger partial charge is 0.273 e. The molecule has 3 aromatic rings. The predicted octanol–water partition coefficient (Wildman–Crippen LogP) is 4.77. The lowest BCUT2D eigenvalue weighted by molar-refractivity contribution is 0.102. The number of anilines is 1. The van der Waals surface area contributed by atoms with Gasteiger partial charge in [0.1, 0.15) is 11.4 Å². The summed E-state index contributed by atoms with van der Waals surface area (Å²) < 4.78 is 5.24. The van der Waals surface area contributed by atoms with Gasteiger partial charge in [0.25, 0.3) is 5.91 Å². The molecule has 1 aromatic heterocycles. The number of hydrogen-bond acceptors (Lipinski definition) is 3. The summed E-state index contributed by atoms with van der Waals surface area (Å²) in [5.74, 6) is 0.861. The third kappa shape index (κ3) is 3.61. The second-order valence-electron chi connectivity index (χ2n) is 6.55. The van der Waals surface area contributed by atoms with E-state index in [1.54, 1.807) is 13.2 Å². The van der Waals surface area contributed by atoms with Gasteiger partial charge in [-0.25, -0.2) is 0 Å². The quantitative estimate of drug-likeness (QED) is 0.697. The Bertz CT molecular complexity index is 929. The topological polar surface area (TPSA) is 67.0 Å². The Balaban J connectivity index is 1.85. The number of benzene rings is 2. The van der Waals surface area contributed by atoms with Gasteiger partial charge < -0.3 is 10.1 Å². The number of rotatable bonds is 5. The SMILES string of the molecule is COc1cccc(-c2cc(C(=O)Nc3c(C)cccc3C(C)C)[nH]n2)c1. The van der Waals surface area contributed by atoms with Crippen LogP contribution in [0, 0.1) is 6.92 Å². The normalized spacial score (nSPS) is 10.8. The summed E-state index contributed by atoms with van der Waals surface area (Å²) in [5.41, 5.74) is 5.02. The monoisotopic (exact) mass is 349 g/mol. The van der Waals surface area contributed by atoms with Crippen molar-refractivity contribution >= 4 is 11.6 Å². The van der Waals surface area contributed by atoms with Crippen LogP contribution < -0.4 is 10.1 Å². The number of carbonyl (C=O) groups excluding carboxylic acids is 1. The van der Waals surface area contributed by atoms with E-state index in [9.17, 15) is 4.79 Å². The molecule has 5 heteroatoms. The molecular weight excluding hydrogens is 326 g/mol. The van der Waals surface area contributed by atoms with Gasteiger partial charge in [0.2, 0.25) is 0 Å². The van der Waals surface area contributed by atoms with Crippen LogP contribution in [0.3, 0.4) is 0 Å². The highest BCUT2D eigenvalue weighted by atomic mass is 16.5. The van der Waals surface area contributed by atoms with Crippen molar-refractivity contribution in [1.29, 1.82) is 0 Å². The van der Waals surface area contributed by atoms with Crippen LogP contribution in [0.25, 0.3) is 11.3 Å². The van der Waals surface area contributed by atoms with Gasteiger partial charge in [0.05, 0.1) is 12.8 Å². The van der Waals surface area contributed by atoms with Crippen molar-refractivity contribution in [2.75, 3.05) is 12.4 Å². The number of amides is 1. The first-order valence-electron chi connectivity index (χ1n) is 8.60. The zero-order valence-corrected chi connectivity index (χ0v) is 15.5. The van der Waals surface area contributed by atoms with Crippen molar-refractivity contribution in [3.8, 4) is 17.0 Å². The van der Waals surface area contributed by atoms with E-state index in [1.165, 1.54) is 0 Å². The van der Waals surface area contributed by atoms with Crippen molar-refractivity contribution in [3.05, 3.63) is 65.4 Å². The van der Waals surface area contributed by atoms with Gasteiger partial charge in [0, 0.05) is 11.3 Å². The van der Waals surface area contributed by atoms with Gasteiger partial charge in [-0.2, -0.15) is 5.10 Å². The highest BCUT2D eigenvalue weighted by Crippen LogP contribution is 2.28. The van der Waals surface area contributed by atoms with E-state index in [4.69, 9.17) is 4.74 Å². The maximum Gasteiger partial charge on any atom is 0.273 e. The molecule has 0 radical (unpaired) electrons. The van der Waals surface area contributed by atoms with Gasteiger partial charge in [0.15, 0.2) is 0 Å². The summed E-state index contributed by atoms with van der Waals surface area (Å²) in [6.07, 6.45) is 0. The molecule has 5 nitrogen and oxygen atoms in total. The Morgan fingerprint density at radius 1 is 1.15 bits per heavy atom. The first-order valence-corrected chi connectivity index (χ1v) is 8.60. The number of methoxy groups -OCH3 is 1. The Kier molecular flexibility index (Phi) is 5.07. The highest BCUT2D eigenvalue weighted by molar-refractivity contribution is 6.04. The average Bonchev–Trinajstić information content (AvgIpc) is 3.13. The molecule has 0 spiro atoms.